The molecule has 18 heavy (non-hydrogen) atoms. The first-order valence-corrected chi connectivity index (χ1v) is 7.55. The maximum absolute atomic E-state index is 11.8. The molecule has 2 amide bonds. The maximum atomic E-state index is 11.8. The average Bonchev–Trinajstić information content (AvgIpc) is 2.52. The number of urea groups is 1. The molecular weight excluding hydrogens is 327 g/mol. The lowest BCUT2D eigenvalue weighted by molar-refractivity contribution is 0.227. The van der Waals surface area contributed by atoms with Crippen molar-refractivity contribution in [2.24, 2.45) is 0 Å². The largest absolute Gasteiger partial charge is 0.366 e. The summed E-state index contributed by atoms with van der Waals surface area (Å²) < 4.78 is 26.8. The van der Waals surface area contributed by atoms with Crippen LogP contribution in [-0.4, -0.2) is 41.2 Å². The van der Waals surface area contributed by atoms with Crippen molar-refractivity contribution in [3.63, 3.8) is 0 Å². The van der Waals surface area contributed by atoms with Crippen LogP contribution in [0.25, 0.3) is 0 Å². The summed E-state index contributed by atoms with van der Waals surface area (Å²) in [4.78, 5) is 11.6. The second kappa shape index (κ2) is 5.20. The van der Waals surface area contributed by atoms with E-state index in [4.69, 9.17) is 34.8 Å². The fourth-order valence-electron chi connectivity index (χ4n) is 1.33. The molecule has 0 radical (unpaired) electrons. The zero-order valence-electron chi connectivity index (χ0n) is 9.74. The lowest BCUT2D eigenvalue weighted by atomic mass is 10.0. The van der Waals surface area contributed by atoms with E-state index in [2.05, 4.69) is 9.50 Å². The molecule has 1 fully saturated rings. The van der Waals surface area contributed by atoms with Gasteiger partial charge in [-0.2, -0.15) is 12.7 Å². The van der Waals surface area contributed by atoms with Crippen LogP contribution in [0, 0.1) is 0 Å². The van der Waals surface area contributed by atoms with E-state index in [1.165, 1.54) is 0 Å². The molecule has 0 bridgehead atoms. The molecule has 1 saturated heterocycles. The molecule has 0 aromatic carbocycles. The lowest BCUT2D eigenvalue weighted by Crippen LogP contribution is -2.39. The van der Waals surface area contributed by atoms with Gasteiger partial charge in [-0.15, -0.1) is 0 Å². The van der Waals surface area contributed by atoms with Crippen molar-refractivity contribution in [2.45, 2.75) is 29.6 Å². The van der Waals surface area contributed by atoms with Crippen molar-refractivity contribution in [1.82, 2.24) is 9.62 Å². The third kappa shape index (κ3) is 4.03. The number of halogens is 3. The van der Waals surface area contributed by atoms with Crippen molar-refractivity contribution in [1.29, 1.82) is 0 Å². The summed E-state index contributed by atoms with van der Waals surface area (Å²) in [6.07, 6.45) is 0.579. The number of hydrogen-bond acceptors (Lipinski definition) is 4. The van der Waals surface area contributed by atoms with Gasteiger partial charge in [0.15, 0.2) is 0 Å². The van der Waals surface area contributed by atoms with Gasteiger partial charge in [0.1, 0.15) is 6.61 Å². The fraction of sp³-hybridized carbons (Fsp3) is 0.875. The Bertz CT molecular complexity index is 436. The molecule has 1 atom stereocenters. The van der Waals surface area contributed by atoms with E-state index in [0.717, 1.165) is 0 Å². The van der Waals surface area contributed by atoms with E-state index >= 15 is 0 Å². The molecule has 6 nitrogen and oxygen atoms in total. The Morgan fingerprint density at radius 2 is 2.06 bits per heavy atom. The molecule has 1 heterocycles. The number of amides is 2. The Balaban J connectivity index is 2.78. The topological polar surface area (TPSA) is 75.7 Å². The molecule has 0 spiro atoms. The average molecular weight is 340 g/mol. The van der Waals surface area contributed by atoms with Crippen molar-refractivity contribution in [3.8, 4) is 0 Å². The second-order valence-corrected chi connectivity index (χ2v) is 8.23. The van der Waals surface area contributed by atoms with E-state index < -0.39 is 32.3 Å². The third-order valence-electron chi connectivity index (χ3n) is 2.55. The summed E-state index contributed by atoms with van der Waals surface area (Å²) in [5, 5.41) is 2.56. The van der Waals surface area contributed by atoms with Crippen molar-refractivity contribution in [2.75, 3.05) is 13.2 Å². The molecule has 1 rings (SSSR count). The van der Waals surface area contributed by atoms with Crippen molar-refractivity contribution >= 4 is 51.1 Å². The van der Waals surface area contributed by atoms with Crippen molar-refractivity contribution in [3.05, 3.63) is 0 Å². The summed E-state index contributed by atoms with van der Waals surface area (Å²) >= 11 is 16.2. The van der Waals surface area contributed by atoms with Crippen LogP contribution in [0.3, 0.4) is 0 Å². The Kier molecular flexibility index (Phi) is 4.66. The van der Waals surface area contributed by atoms with Crippen molar-refractivity contribution < 1.29 is 17.4 Å². The Morgan fingerprint density at radius 1 is 1.50 bits per heavy atom. The van der Waals surface area contributed by atoms with Gasteiger partial charge in [-0.1, -0.05) is 41.7 Å². The Hall–Kier alpha value is 0.0500. The first-order chi connectivity index (χ1) is 7.99. The SMILES string of the molecule is CC[C@@]1(C)CN(S(=O)(=O)OCC(Cl)(Cl)Cl)C(=O)N1. The highest BCUT2D eigenvalue weighted by Crippen LogP contribution is 2.28. The van der Waals surface area contributed by atoms with Gasteiger partial charge < -0.3 is 5.32 Å². The summed E-state index contributed by atoms with van der Waals surface area (Å²) in [5.41, 5.74) is -0.618. The highest BCUT2D eigenvalue weighted by atomic mass is 35.6. The molecule has 1 aliphatic heterocycles. The maximum Gasteiger partial charge on any atom is 0.366 e. The predicted octanol–water partition coefficient (Wildman–Crippen LogP) is 1.81. The number of carbonyl (C=O) groups excluding carboxylic acids is 1. The van der Waals surface area contributed by atoms with Gasteiger partial charge in [0, 0.05) is 0 Å². The van der Waals surface area contributed by atoms with Gasteiger partial charge in [0.2, 0.25) is 3.79 Å². The minimum Gasteiger partial charge on any atom is -0.330 e. The minimum absolute atomic E-state index is 0.0233. The van der Waals surface area contributed by atoms with Crippen LogP contribution in [0.15, 0.2) is 0 Å². The standard InChI is InChI=1S/C8H13Cl3N2O4S/c1-3-7(2)4-13(6(14)12-7)18(15,16)17-5-8(9,10)11/h3-5H2,1-2H3,(H,12,14)/t7-/m0/s1. The molecule has 0 unspecified atom stereocenters. The molecule has 0 saturated carbocycles. The van der Waals surface area contributed by atoms with Gasteiger partial charge in [0.25, 0.3) is 0 Å². The summed E-state index contributed by atoms with van der Waals surface area (Å²) in [6.45, 7) is 2.88. The highest BCUT2D eigenvalue weighted by molar-refractivity contribution is 7.84. The van der Waals surface area contributed by atoms with Crippen LogP contribution in [0.4, 0.5) is 4.79 Å². The third-order valence-corrected chi connectivity index (χ3v) is 4.13. The molecule has 10 heteroatoms. The summed E-state index contributed by atoms with van der Waals surface area (Å²) in [6, 6.07) is -0.747. The summed E-state index contributed by atoms with van der Waals surface area (Å²) in [5.74, 6) is 0. The molecule has 0 aromatic heterocycles. The normalized spacial score (nSPS) is 25.4. The van der Waals surface area contributed by atoms with Gasteiger partial charge in [0.05, 0.1) is 12.1 Å². The molecule has 0 aliphatic carbocycles. The number of nitrogens with zero attached hydrogens (tertiary/aromatic N) is 1. The smallest absolute Gasteiger partial charge is 0.330 e. The van der Waals surface area contributed by atoms with E-state index in [0.29, 0.717) is 10.7 Å². The number of hydrogen-bond donors (Lipinski definition) is 1. The first-order valence-electron chi connectivity index (χ1n) is 5.05. The first kappa shape index (κ1) is 16.1. The van der Waals surface area contributed by atoms with Crippen LogP contribution < -0.4 is 5.32 Å². The van der Waals surface area contributed by atoms with E-state index in [1.54, 1.807) is 6.92 Å². The highest BCUT2D eigenvalue weighted by Gasteiger charge is 2.44. The lowest BCUT2D eigenvalue weighted by Gasteiger charge is -2.21. The monoisotopic (exact) mass is 338 g/mol. The van der Waals surface area contributed by atoms with Crippen LogP contribution >= 0.6 is 34.8 Å². The number of rotatable bonds is 4. The molecule has 1 aliphatic rings. The van der Waals surface area contributed by atoms with Gasteiger partial charge in [-0.3, -0.25) is 0 Å². The zero-order valence-corrected chi connectivity index (χ0v) is 12.8. The van der Waals surface area contributed by atoms with E-state index in [-0.39, 0.29) is 6.54 Å². The zero-order chi connectivity index (χ0) is 14.2. The predicted molar refractivity (Wildman–Crippen MR) is 69.1 cm³/mol. The van der Waals surface area contributed by atoms with Crippen LogP contribution in [0.2, 0.25) is 0 Å². The van der Waals surface area contributed by atoms with Gasteiger partial charge in [-0.05, 0) is 13.3 Å². The van der Waals surface area contributed by atoms with Gasteiger partial charge in [-0.25, -0.2) is 8.98 Å². The second-order valence-electron chi connectivity index (χ2n) is 4.19. The van der Waals surface area contributed by atoms with Crippen LogP contribution in [-0.2, 0) is 14.5 Å². The molecular formula is C8H13Cl3N2O4S. The minimum atomic E-state index is -4.26. The fourth-order valence-corrected chi connectivity index (χ4v) is 2.84. The number of nitrogens with one attached hydrogen (secondary N) is 1. The quantitative estimate of drug-likeness (QED) is 0.793. The van der Waals surface area contributed by atoms with Crippen LogP contribution in [0.1, 0.15) is 20.3 Å². The molecule has 0 aromatic rings. The molecule has 1 N–H and O–H groups in total. The summed E-state index contributed by atoms with van der Waals surface area (Å²) in [7, 11) is -4.26. The van der Waals surface area contributed by atoms with E-state index in [9.17, 15) is 13.2 Å². The van der Waals surface area contributed by atoms with E-state index in [1.807, 2.05) is 6.92 Å². The Morgan fingerprint density at radius 3 is 2.44 bits per heavy atom. The van der Waals surface area contributed by atoms with Gasteiger partial charge >= 0.3 is 16.3 Å². The number of alkyl halides is 3. The number of carbonyl (C=O) groups is 1. The Labute approximate surface area is 121 Å². The van der Waals surface area contributed by atoms with Crippen LogP contribution in [0.5, 0.6) is 0 Å². The molecule has 106 valence electrons.